The fraction of sp³-hybridized carbons (Fsp3) is 0.357. The number of rotatable bonds is 5. The van der Waals surface area contributed by atoms with Crippen LogP contribution in [0.25, 0.3) is 0 Å². The number of benzene rings is 1. The predicted octanol–water partition coefficient (Wildman–Crippen LogP) is 3.09. The Kier molecular flexibility index (Phi) is 5.01. The Morgan fingerprint density at radius 2 is 2.23 bits per heavy atom. The van der Waals surface area contributed by atoms with Crippen molar-refractivity contribution >= 4 is 34.1 Å². The lowest BCUT2D eigenvalue weighted by Crippen LogP contribution is -2.26. The average molecular weight is 339 g/mol. The van der Waals surface area contributed by atoms with Crippen LogP contribution in [-0.4, -0.2) is 28.8 Å². The number of ether oxygens (including phenoxy) is 1. The third kappa shape index (κ3) is 4.02. The lowest BCUT2D eigenvalue weighted by Gasteiger charge is -2.06. The van der Waals surface area contributed by atoms with E-state index in [4.69, 9.17) is 4.74 Å². The van der Waals surface area contributed by atoms with E-state index in [2.05, 4.69) is 15.5 Å². The molecule has 1 amide bonds. The summed E-state index contributed by atoms with van der Waals surface area (Å²) in [5, 5.41) is 11.2. The van der Waals surface area contributed by atoms with Gasteiger partial charge in [0.25, 0.3) is 5.91 Å². The minimum Gasteiger partial charge on any atom is -0.368 e. The zero-order chi connectivity index (χ0) is 15.4. The van der Waals surface area contributed by atoms with Gasteiger partial charge in [-0.3, -0.25) is 10.1 Å². The van der Waals surface area contributed by atoms with E-state index in [0.717, 1.165) is 22.7 Å². The molecule has 1 fully saturated rings. The van der Waals surface area contributed by atoms with E-state index in [9.17, 15) is 9.18 Å². The summed E-state index contributed by atoms with van der Waals surface area (Å²) in [6, 6.07) is 6.35. The van der Waals surface area contributed by atoms with Gasteiger partial charge in [0.15, 0.2) is 4.34 Å². The molecule has 22 heavy (non-hydrogen) atoms. The van der Waals surface area contributed by atoms with Crippen molar-refractivity contribution in [3.8, 4) is 0 Å². The number of aromatic nitrogens is 2. The number of carbonyl (C=O) groups is 1. The van der Waals surface area contributed by atoms with Crippen LogP contribution in [0.2, 0.25) is 0 Å². The highest BCUT2D eigenvalue weighted by Gasteiger charge is 2.24. The summed E-state index contributed by atoms with van der Waals surface area (Å²) in [6.45, 7) is 0.632. The molecule has 0 bridgehead atoms. The van der Waals surface area contributed by atoms with Crippen molar-refractivity contribution in [1.82, 2.24) is 10.2 Å². The van der Waals surface area contributed by atoms with Crippen LogP contribution in [-0.2, 0) is 15.3 Å². The Bertz CT molecular complexity index is 642. The molecule has 116 valence electrons. The first-order valence-corrected chi connectivity index (χ1v) is 8.64. The highest BCUT2D eigenvalue weighted by molar-refractivity contribution is 8.00. The quantitative estimate of drug-likeness (QED) is 0.670. The van der Waals surface area contributed by atoms with Gasteiger partial charge in [-0.25, -0.2) is 4.39 Å². The summed E-state index contributed by atoms with van der Waals surface area (Å²) in [7, 11) is 0. The summed E-state index contributed by atoms with van der Waals surface area (Å²) in [5.41, 5.74) is 1.01. The third-order valence-electron chi connectivity index (χ3n) is 3.13. The third-order valence-corrected chi connectivity index (χ3v) is 5.18. The molecule has 0 saturated carbocycles. The van der Waals surface area contributed by atoms with Gasteiger partial charge in [-0.05, 0) is 30.5 Å². The lowest BCUT2D eigenvalue weighted by atomic mass is 10.2. The largest absolute Gasteiger partial charge is 0.368 e. The molecule has 2 heterocycles. The van der Waals surface area contributed by atoms with Crippen molar-refractivity contribution in [3.63, 3.8) is 0 Å². The second kappa shape index (κ2) is 7.17. The smallest absolute Gasteiger partial charge is 0.255 e. The number of nitrogens with one attached hydrogen (secondary N) is 1. The first-order valence-electron chi connectivity index (χ1n) is 6.84. The van der Waals surface area contributed by atoms with Gasteiger partial charge in [-0.2, -0.15) is 0 Å². The average Bonchev–Trinajstić information content (AvgIpc) is 3.18. The second-order valence-corrected chi connectivity index (χ2v) is 6.98. The standard InChI is InChI=1S/C14H14FN3O2S2/c15-10-5-3-9(4-6-10)8-21-14-18-17-13(22-14)16-12(19)11-2-1-7-20-11/h3-6,11H,1-2,7-8H2,(H,16,17,19). The second-order valence-electron chi connectivity index (χ2n) is 4.78. The van der Waals surface area contributed by atoms with Crippen molar-refractivity contribution in [2.75, 3.05) is 11.9 Å². The monoisotopic (exact) mass is 339 g/mol. The number of hydrogen-bond donors (Lipinski definition) is 1. The molecular weight excluding hydrogens is 325 g/mol. The van der Waals surface area contributed by atoms with Gasteiger partial charge in [0.05, 0.1) is 0 Å². The van der Waals surface area contributed by atoms with Crippen molar-refractivity contribution in [2.45, 2.75) is 29.0 Å². The Labute approximate surface area is 135 Å². The fourth-order valence-electron chi connectivity index (χ4n) is 2.01. The summed E-state index contributed by atoms with van der Waals surface area (Å²) in [6.07, 6.45) is 1.28. The zero-order valence-electron chi connectivity index (χ0n) is 11.6. The SMILES string of the molecule is O=C(Nc1nnc(SCc2ccc(F)cc2)s1)C1CCCO1. The first kappa shape index (κ1) is 15.4. The van der Waals surface area contributed by atoms with Crippen LogP contribution >= 0.6 is 23.1 Å². The van der Waals surface area contributed by atoms with E-state index in [-0.39, 0.29) is 17.8 Å². The molecule has 5 nitrogen and oxygen atoms in total. The molecule has 0 radical (unpaired) electrons. The minimum atomic E-state index is -0.376. The van der Waals surface area contributed by atoms with E-state index >= 15 is 0 Å². The summed E-state index contributed by atoms with van der Waals surface area (Å²) in [5.74, 6) is 0.266. The topological polar surface area (TPSA) is 64.1 Å². The molecule has 3 rings (SSSR count). The molecule has 1 unspecified atom stereocenters. The van der Waals surface area contributed by atoms with Gasteiger partial charge in [0, 0.05) is 12.4 Å². The highest BCUT2D eigenvalue weighted by atomic mass is 32.2. The number of anilines is 1. The van der Waals surface area contributed by atoms with E-state index in [1.807, 2.05) is 0 Å². The van der Waals surface area contributed by atoms with Crippen molar-refractivity contribution < 1.29 is 13.9 Å². The van der Waals surface area contributed by atoms with Gasteiger partial charge < -0.3 is 4.74 Å². The summed E-state index contributed by atoms with van der Waals surface area (Å²) >= 11 is 2.82. The molecule has 1 aromatic heterocycles. The number of nitrogens with zero attached hydrogens (tertiary/aromatic N) is 2. The van der Waals surface area contributed by atoms with Gasteiger partial charge in [0.2, 0.25) is 5.13 Å². The van der Waals surface area contributed by atoms with Gasteiger partial charge >= 0.3 is 0 Å². The van der Waals surface area contributed by atoms with Crippen LogP contribution in [0.1, 0.15) is 18.4 Å². The molecular formula is C14H14FN3O2S2. The number of halogens is 1. The van der Waals surface area contributed by atoms with Crippen LogP contribution in [0.4, 0.5) is 9.52 Å². The van der Waals surface area contributed by atoms with Gasteiger partial charge in [-0.15, -0.1) is 10.2 Å². The van der Waals surface area contributed by atoms with Crippen LogP contribution in [0.15, 0.2) is 28.6 Å². The van der Waals surface area contributed by atoms with Crippen molar-refractivity contribution in [3.05, 3.63) is 35.6 Å². The molecule has 1 aromatic carbocycles. The van der Waals surface area contributed by atoms with E-state index in [1.165, 1.54) is 35.2 Å². The fourth-order valence-corrected chi connectivity index (χ4v) is 3.73. The molecule has 1 saturated heterocycles. The summed E-state index contributed by atoms with van der Waals surface area (Å²) in [4.78, 5) is 11.9. The van der Waals surface area contributed by atoms with Crippen LogP contribution in [0.5, 0.6) is 0 Å². The molecule has 1 atom stereocenters. The van der Waals surface area contributed by atoms with Gasteiger partial charge in [0.1, 0.15) is 11.9 Å². The minimum absolute atomic E-state index is 0.163. The van der Waals surface area contributed by atoms with Gasteiger partial charge in [-0.1, -0.05) is 35.2 Å². The maximum Gasteiger partial charge on any atom is 0.255 e. The maximum absolute atomic E-state index is 12.8. The Morgan fingerprint density at radius 3 is 2.95 bits per heavy atom. The highest BCUT2D eigenvalue weighted by Crippen LogP contribution is 2.28. The number of thioether (sulfide) groups is 1. The van der Waals surface area contributed by atoms with E-state index in [1.54, 1.807) is 12.1 Å². The normalized spacial score (nSPS) is 17.6. The number of amides is 1. The Hall–Kier alpha value is -1.51. The van der Waals surface area contributed by atoms with E-state index < -0.39 is 0 Å². The molecule has 2 aromatic rings. The van der Waals surface area contributed by atoms with E-state index in [0.29, 0.717) is 17.5 Å². The number of hydrogen-bond acceptors (Lipinski definition) is 6. The predicted molar refractivity (Wildman–Crippen MR) is 83.5 cm³/mol. The molecule has 8 heteroatoms. The van der Waals surface area contributed by atoms with Crippen LogP contribution in [0, 0.1) is 5.82 Å². The van der Waals surface area contributed by atoms with Crippen LogP contribution in [0.3, 0.4) is 0 Å². The Balaban J connectivity index is 1.52. The molecule has 0 spiro atoms. The zero-order valence-corrected chi connectivity index (χ0v) is 13.3. The first-order chi connectivity index (χ1) is 10.7. The van der Waals surface area contributed by atoms with Crippen LogP contribution < -0.4 is 5.32 Å². The van der Waals surface area contributed by atoms with Crippen molar-refractivity contribution in [1.29, 1.82) is 0 Å². The molecule has 1 N–H and O–H groups in total. The Morgan fingerprint density at radius 1 is 1.41 bits per heavy atom. The number of carbonyl (C=O) groups excluding carboxylic acids is 1. The van der Waals surface area contributed by atoms with Crippen molar-refractivity contribution in [2.24, 2.45) is 0 Å². The molecule has 1 aliphatic rings. The summed E-state index contributed by atoms with van der Waals surface area (Å²) < 4.78 is 18.9. The maximum atomic E-state index is 12.8. The molecule has 0 aliphatic carbocycles. The lowest BCUT2D eigenvalue weighted by molar-refractivity contribution is -0.124. The molecule has 1 aliphatic heterocycles.